The molecular weight excluding hydrogens is 609 g/mol. The Bertz CT molecular complexity index is 938. The van der Waals surface area contributed by atoms with Crippen LogP contribution in [0.3, 0.4) is 0 Å². The predicted molar refractivity (Wildman–Crippen MR) is 119 cm³/mol. The number of likely N-dealkylation sites (N-methyl/N-ethyl adjacent to an activating group) is 1. The number of nitrogens with zero attached hydrogens (tertiary/aromatic N) is 1. The van der Waals surface area contributed by atoms with Crippen molar-refractivity contribution in [2.24, 2.45) is 5.73 Å². The standard InChI is InChI=1S/C23H25N3O3.Ac.H2O/c1-4-14-26(5-2)23(28)19-8-6-17(7-9-19)16(3)15-21(27)29-20-12-10-18(11-13-20)22(24)25;;/h4,6-13,15H,1,5,14H2,2-3H3,(H3,24,25);;1H2/b16-15+;;. The number of amides is 1. The molecule has 5 N–H and O–H groups in total. The van der Waals surface area contributed by atoms with Crippen molar-refractivity contribution in [3.8, 4) is 5.75 Å². The number of esters is 1. The molecule has 0 fully saturated rings. The number of amidine groups is 1. The second-order valence-corrected chi connectivity index (χ2v) is 6.40. The fraction of sp³-hybridized carbons (Fsp3) is 0.174. The van der Waals surface area contributed by atoms with Crippen LogP contribution in [0, 0.1) is 49.5 Å². The van der Waals surface area contributed by atoms with Crippen molar-refractivity contribution in [2.45, 2.75) is 13.8 Å². The molecule has 0 bridgehead atoms. The molecule has 0 aromatic heterocycles. The van der Waals surface area contributed by atoms with Crippen LogP contribution in [0.4, 0.5) is 0 Å². The van der Waals surface area contributed by atoms with Gasteiger partial charge in [0.25, 0.3) is 5.91 Å². The van der Waals surface area contributed by atoms with Gasteiger partial charge in [-0.3, -0.25) is 10.2 Å². The SMILES string of the molecule is C=CCN(CC)C(=O)c1ccc(/C(C)=C/C(=O)Oc2ccc(C(=N)N)cc2)cc1.O.[Ac]. The smallest absolute Gasteiger partial charge is 0.336 e. The van der Waals surface area contributed by atoms with Crippen molar-refractivity contribution in [3.05, 3.63) is 84.0 Å². The van der Waals surface area contributed by atoms with Gasteiger partial charge in [-0.15, -0.1) is 6.58 Å². The van der Waals surface area contributed by atoms with Crippen molar-refractivity contribution in [1.82, 2.24) is 4.90 Å². The van der Waals surface area contributed by atoms with E-state index in [1.807, 2.05) is 6.92 Å². The number of hydrogen-bond acceptors (Lipinski definition) is 4. The van der Waals surface area contributed by atoms with Gasteiger partial charge in [-0.1, -0.05) is 18.2 Å². The van der Waals surface area contributed by atoms with E-state index in [-0.39, 0.29) is 61.3 Å². The van der Waals surface area contributed by atoms with Crippen LogP contribution in [-0.4, -0.2) is 41.2 Å². The number of ether oxygens (including phenoxy) is 1. The summed E-state index contributed by atoms with van der Waals surface area (Å²) < 4.78 is 5.28. The molecule has 0 saturated heterocycles. The molecule has 7 nitrogen and oxygen atoms in total. The molecule has 1 radical (unpaired) electrons. The summed E-state index contributed by atoms with van der Waals surface area (Å²) >= 11 is 0. The zero-order chi connectivity index (χ0) is 21.4. The summed E-state index contributed by atoms with van der Waals surface area (Å²) in [5.74, 6) is -0.255. The summed E-state index contributed by atoms with van der Waals surface area (Å²) in [7, 11) is 0. The van der Waals surface area contributed by atoms with Crippen molar-refractivity contribution in [1.29, 1.82) is 5.41 Å². The number of nitrogens with two attached hydrogens (primary N) is 1. The maximum atomic E-state index is 12.5. The summed E-state index contributed by atoms with van der Waals surface area (Å²) in [5.41, 5.74) is 8.07. The van der Waals surface area contributed by atoms with E-state index in [4.69, 9.17) is 15.9 Å². The topological polar surface area (TPSA) is 128 Å². The molecule has 31 heavy (non-hydrogen) atoms. The Kier molecular flexibility index (Phi) is 12.9. The Morgan fingerprint density at radius 3 is 2.06 bits per heavy atom. The van der Waals surface area contributed by atoms with Crippen molar-refractivity contribution in [3.63, 3.8) is 0 Å². The van der Waals surface area contributed by atoms with Gasteiger partial charge in [0.2, 0.25) is 0 Å². The molecule has 0 aliphatic rings. The molecular formula is C23H27AcN3O4. The minimum atomic E-state index is -0.513. The molecule has 161 valence electrons. The third kappa shape index (κ3) is 8.41. The van der Waals surface area contributed by atoms with Crippen LogP contribution in [0.1, 0.15) is 35.3 Å². The molecule has 0 saturated carbocycles. The summed E-state index contributed by atoms with van der Waals surface area (Å²) in [6.45, 7) is 8.49. The van der Waals surface area contributed by atoms with Gasteiger partial charge in [-0.2, -0.15) is 0 Å². The van der Waals surface area contributed by atoms with Crippen LogP contribution in [0.2, 0.25) is 0 Å². The molecule has 8 heteroatoms. The third-order valence-corrected chi connectivity index (χ3v) is 4.32. The minimum absolute atomic E-state index is 0. The Balaban J connectivity index is 0.00000450. The van der Waals surface area contributed by atoms with Crippen molar-refractivity contribution < 1.29 is 63.9 Å². The maximum absolute atomic E-state index is 12.5. The van der Waals surface area contributed by atoms with E-state index in [0.29, 0.717) is 35.5 Å². The minimum Gasteiger partial charge on any atom is -0.423 e. The second kappa shape index (κ2) is 13.9. The molecule has 0 spiro atoms. The molecule has 0 heterocycles. The molecule has 0 aliphatic heterocycles. The first-order chi connectivity index (χ1) is 13.8. The summed E-state index contributed by atoms with van der Waals surface area (Å²) in [4.78, 5) is 26.3. The van der Waals surface area contributed by atoms with E-state index in [2.05, 4.69) is 6.58 Å². The van der Waals surface area contributed by atoms with Crippen molar-refractivity contribution >= 4 is 23.3 Å². The number of benzene rings is 2. The number of nitrogen functional groups attached to an aromatic ring is 1. The van der Waals surface area contributed by atoms with Gasteiger partial charge in [0.15, 0.2) is 0 Å². The zero-order valence-electron chi connectivity index (χ0n) is 17.7. The van der Waals surface area contributed by atoms with E-state index in [1.165, 1.54) is 6.08 Å². The average molecular weight is 636 g/mol. The largest absolute Gasteiger partial charge is 0.423 e. The van der Waals surface area contributed by atoms with Gasteiger partial charge in [0.1, 0.15) is 11.6 Å². The van der Waals surface area contributed by atoms with E-state index < -0.39 is 5.97 Å². The van der Waals surface area contributed by atoms with Crippen LogP contribution >= 0.6 is 0 Å². The Hall–Kier alpha value is -2.27. The first-order valence-corrected chi connectivity index (χ1v) is 9.20. The quantitative estimate of drug-likeness (QED) is 0.115. The van der Waals surface area contributed by atoms with Crippen LogP contribution in [0.25, 0.3) is 5.57 Å². The van der Waals surface area contributed by atoms with Gasteiger partial charge < -0.3 is 20.8 Å². The number of nitrogens with one attached hydrogen (secondary N) is 1. The van der Waals surface area contributed by atoms with Crippen LogP contribution in [-0.2, 0) is 4.79 Å². The first kappa shape index (κ1) is 28.7. The monoisotopic (exact) mass is 636 g/mol. The van der Waals surface area contributed by atoms with E-state index in [0.717, 1.165) is 5.56 Å². The molecule has 2 aromatic carbocycles. The second-order valence-electron chi connectivity index (χ2n) is 6.40. The van der Waals surface area contributed by atoms with Crippen LogP contribution in [0.5, 0.6) is 5.75 Å². The fourth-order valence-corrected chi connectivity index (χ4v) is 2.68. The van der Waals surface area contributed by atoms with Crippen molar-refractivity contribution in [2.75, 3.05) is 13.1 Å². The molecule has 2 aromatic rings. The maximum Gasteiger partial charge on any atom is 0.336 e. The van der Waals surface area contributed by atoms with E-state index >= 15 is 0 Å². The Labute approximate surface area is 218 Å². The molecule has 0 aliphatic carbocycles. The first-order valence-electron chi connectivity index (χ1n) is 9.20. The fourth-order valence-electron chi connectivity index (χ4n) is 2.68. The van der Waals surface area contributed by atoms with E-state index in [1.54, 1.807) is 66.4 Å². The predicted octanol–water partition coefficient (Wildman–Crippen LogP) is 2.80. The number of carbonyl (C=O) groups is 2. The molecule has 2 rings (SSSR count). The summed E-state index contributed by atoms with van der Waals surface area (Å²) in [5, 5.41) is 7.36. The van der Waals surface area contributed by atoms with Gasteiger partial charge in [-0.25, -0.2) is 4.79 Å². The van der Waals surface area contributed by atoms with Crippen LogP contribution < -0.4 is 10.5 Å². The summed E-state index contributed by atoms with van der Waals surface area (Å²) in [6, 6.07) is 13.5. The number of rotatable bonds is 8. The molecule has 0 atom stereocenters. The number of carbonyl (C=O) groups excluding carboxylic acids is 2. The van der Waals surface area contributed by atoms with Gasteiger partial charge in [0, 0.05) is 74.4 Å². The number of allylic oxidation sites excluding steroid dienone is 1. The van der Waals surface area contributed by atoms with Gasteiger partial charge in [-0.05, 0) is 61.4 Å². The Morgan fingerprint density at radius 1 is 1.06 bits per heavy atom. The summed E-state index contributed by atoms with van der Waals surface area (Å²) in [6.07, 6.45) is 3.09. The molecule has 1 amide bonds. The van der Waals surface area contributed by atoms with Gasteiger partial charge in [0.05, 0.1) is 0 Å². The number of hydrogen-bond donors (Lipinski definition) is 2. The zero-order valence-corrected chi connectivity index (χ0v) is 22.5. The van der Waals surface area contributed by atoms with E-state index in [9.17, 15) is 9.59 Å². The van der Waals surface area contributed by atoms with Crippen LogP contribution in [0.15, 0.2) is 67.3 Å². The van der Waals surface area contributed by atoms with Gasteiger partial charge >= 0.3 is 5.97 Å². The normalized spacial score (nSPS) is 10.2. The average Bonchev–Trinajstić information content (AvgIpc) is 2.71. The Morgan fingerprint density at radius 2 is 1.58 bits per heavy atom. The molecule has 0 unspecified atom stereocenters. The third-order valence-electron chi connectivity index (χ3n) is 4.32.